The van der Waals surface area contributed by atoms with Gasteiger partial charge in [-0.2, -0.15) is 13.2 Å². The molecule has 0 saturated heterocycles. The van der Waals surface area contributed by atoms with Crippen molar-refractivity contribution in [1.82, 2.24) is 20.1 Å². The molecule has 0 saturated carbocycles. The summed E-state index contributed by atoms with van der Waals surface area (Å²) in [4.78, 5) is 16.4. The number of carbonyl (C=O) groups is 1. The number of rotatable bonds is 12. The highest BCUT2D eigenvalue weighted by Crippen LogP contribution is 2.38. The maximum atomic E-state index is 13.2. The van der Waals surface area contributed by atoms with Gasteiger partial charge in [0.15, 0.2) is 0 Å². The Morgan fingerprint density at radius 1 is 0.976 bits per heavy atom. The molecule has 2 aromatic heterocycles. The van der Waals surface area contributed by atoms with Crippen molar-refractivity contribution in [3.05, 3.63) is 54.2 Å². The monoisotopic (exact) mass is 575 g/mol. The van der Waals surface area contributed by atoms with Crippen molar-refractivity contribution in [2.24, 2.45) is 5.41 Å². The number of nitrogens with one attached hydrogen (secondary N) is 1. The second kappa shape index (κ2) is 13.3. The Morgan fingerprint density at radius 3 is 2.39 bits per heavy atom. The first kappa shape index (κ1) is 31.8. The number of halogens is 3. The van der Waals surface area contributed by atoms with E-state index in [1.54, 1.807) is 18.3 Å². The van der Waals surface area contributed by atoms with Gasteiger partial charge in [-0.15, -0.1) is 5.10 Å². The van der Waals surface area contributed by atoms with Gasteiger partial charge in [-0.1, -0.05) is 37.1 Å². The van der Waals surface area contributed by atoms with Crippen molar-refractivity contribution in [3.8, 4) is 22.8 Å². The van der Waals surface area contributed by atoms with Crippen LogP contribution in [0.15, 0.2) is 48.7 Å². The second-order valence-electron chi connectivity index (χ2n) is 11.6. The number of anilines is 1. The van der Waals surface area contributed by atoms with Crippen LogP contribution >= 0.6 is 0 Å². The summed E-state index contributed by atoms with van der Waals surface area (Å²) < 4.78 is 51.8. The van der Waals surface area contributed by atoms with Crippen molar-refractivity contribution < 1.29 is 27.4 Å². The van der Waals surface area contributed by atoms with E-state index in [0.29, 0.717) is 23.7 Å². The van der Waals surface area contributed by atoms with Gasteiger partial charge in [0.05, 0.1) is 16.8 Å². The molecule has 2 heterocycles. The van der Waals surface area contributed by atoms with E-state index >= 15 is 0 Å². The summed E-state index contributed by atoms with van der Waals surface area (Å²) in [6, 6.07) is 12.9. The molecule has 0 aliphatic rings. The molecule has 11 heteroatoms. The van der Waals surface area contributed by atoms with E-state index in [4.69, 9.17) is 15.2 Å². The third-order valence-electron chi connectivity index (χ3n) is 6.37. The smallest absolute Gasteiger partial charge is 0.407 e. The molecule has 1 aromatic carbocycles. The minimum Gasteiger partial charge on any atom is -0.476 e. The number of unbranched alkanes of at least 4 members (excludes halogenated alkanes) is 3. The summed E-state index contributed by atoms with van der Waals surface area (Å²) >= 11 is 0. The summed E-state index contributed by atoms with van der Waals surface area (Å²) in [7, 11) is 0. The minimum atomic E-state index is -4.40. The van der Waals surface area contributed by atoms with E-state index in [-0.39, 0.29) is 5.88 Å². The molecule has 0 spiro atoms. The van der Waals surface area contributed by atoms with Crippen molar-refractivity contribution in [1.29, 1.82) is 0 Å². The molecule has 0 bridgehead atoms. The number of alkyl halides is 3. The van der Waals surface area contributed by atoms with Crippen LogP contribution in [-0.2, 0) is 11.2 Å². The number of hydrogen-bond donors (Lipinski definition) is 2. The van der Waals surface area contributed by atoms with Gasteiger partial charge >= 0.3 is 12.3 Å². The Labute approximate surface area is 239 Å². The lowest BCUT2D eigenvalue weighted by molar-refractivity contribution is -0.219. The Kier molecular flexibility index (Phi) is 10.3. The number of hydrogen-bond acceptors (Lipinski definition) is 6. The first-order chi connectivity index (χ1) is 19.2. The zero-order valence-corrected chi connectivity index (χ0v) is 24.3. The lowest BCUT2D eigenvalue weighted by Crippen LogP contribution is -2.37. The summed E-state index contributed by atoms with van der Waals surface area (Å²) in [5, 5.41) is 7.13. The quantitative estimate of drug-likeness (QED) is 0.223. The number of ether oxygens (including phenoxy) is 2. The van der Waals surface area contributed by atoms with E-state index in [0.717, 1.165) is 57.1 Å². The molecule has 0 fully saturated rings. The van der Waals surface area contributed by atoms with E-state index < -0.39 is 29.9 Å². The molecule has 0 radical (unpaired) electrons. The lowest BCUT2D eigenvalue weighted by Gasteiger charge is -2.26. The third-order valence-corrected chi connectivity index (χ3v) is 6.37. The zero-order chi connectivity index (χ0) is 30.3. The van der Waals surface area contributed by atoms with Gasteiger partial charge in [-0.3, -0.25) is 0 Å². The lowest BCUT2D eigenvalue weighted by atomic mass is 9.94. The van der Waals surface area contributed by atoms with Crippen LogP contribution < -0.4 is 15.8 Å². The number of alkyl carbamates (subject to hydrolysis) is 1. The molecule has 1 amide bonds. The molecule has 3 rings (SSSR count). The molecule has 0 unspecified atom stereocenters. The SMILES string of the molecule is CC(C)(C)OC(=O)NCCCCCCc1ccccc1-c1nc(N)ccc1-n1ccc(OCC(C)(C)C(F)(F)F)n1. The van der Waals surface area contributed by atoms with Gasteiger partial charge in [0.2, 0.25) is 5.88 Å². The molecular weight excluding hydrogens is 535 g/mol. The largest absolute Gasteiger partial charge is 0.476 e. The van der Waals surface area contributed by atoms with Crippen LogP contribution in [0.4, 0.5) is 23.8 Å². The Bertz CT molecular complexity index is 1300. The van der Waals surface area contributed by atoms with Gasteiger partial charge in [0.1, 0.15) is 18.0 Å². The number of carbonyl (C=O) groups excluding carboxylic acids is 1. The van der Waals surface area contributed by atoms with Crippen LogP contribution in [0.1, 0.15) is 65.9 Å². The van der Waals surface area contributed by atoms with Crippen molar-refractivity contribution in [3.63, 3.8) is 0 Å². The highest BCUT2D eigenvalue weighted by Gasteiger charge is 2.48. The Morgan fingerprint density at radius 2 is 1.68 bits per heavy atom. The predicted octanol–water partition coefficient (Wildman–Crippen LogP) is 7.11. The number of amides is 1. The van der Waals surface area contributed by atoms with E-state index in [9.17, 15) is 18.0 Å². The topological polar surface area (TPSA) is 104 Å². The number of nitrogen functional groups attached to an aromatic ring is 1. The van der Waals surface area contributed by atoms with Crippen LogP contribution in [0.5, 0.6) is 5.88 Å². The van der Waals surface area contributed by atoms with Crippen LogP contribution in [0.3, 0.4) is 0 Å². The number of benzene rings is 1. The molecule has 3 N–H and O–H groups in total. The fraction of sp³-hybridized carbons (Fsp3) is 0.500. The Balaban J connectivity index is 1.65. The summed E-state index contributed by atoms with van der Waals surface area (Å²) in [5.41, 5.74) is 6.75. The number of aryl methyl sites for hydroxylation is 1. The van der Waals surface area contributed by atoms with E-state index in [1.165, 1.54) is 10.7 Å². The standard InChI is InChI=1S/C30H40F3N5O3/c1-28(2,3)41-27(39)35-18-11-7-6-8-12-21-13-9-10-14-22(21)26-23(15-16-24(34)36-26)38-19-17-25(37-38)40-20-29(4,5)30(31,32)33/h9-10,13-17,19H,6-8,11-12,18,20H2,1-5H3,(H2,34,36)(H,35,39). The van der Waals surface area contributed by atoms with Crippen molar-refractivity contribution >= 4 is 11.9 Å². The Hall–Kier alpha value is -3.76. The third kappa shape index (κ3) is 9.40. The summed E-state index contributed by atoms with van der Waals surface area (Å²) in [5.74, 6) is 0.422. The average molecular weight is 576 g/mol. The van der Waals surface area contributed by atoms with Gasteiger partial charge in [0, 0.05) is 24.4 Å². The molecule has 41 heavy (non-hydrogen) atoms. The second-order valence-corrected chi connectivity index (χ2v) is 11.6. The number of pyridine rings is 1. The normalized spacial score (nSPS) is 12.3. The minimum absolute atomic E-state index is 0.0829. The number of nitrogens with two attached hydrogens (primary N) is 1. The number of aromatic nitrogens is 3. The van der Waals surface area contributed by atoms with E-state index in [1.807, 2.05) is 45.0 Å². The van der Waals surface area contributed by atoms with E-state index in [2.05, 4.69) is 15.4 Å². The van der Waals surface area contributed by atoms with Crippen molar-refractivity contribution in [2.45, 2.75) is 78.5 Å². The van der Waals surface area contributed by atoms with Crippen LogP contribution in [0, 0.1) is 5.41 Å². The molecule has 0 atom stereocenters. The van der Waals surface area contributed by atoms with Crippen LogP contribution in [-0.4, -0.2) is 45.8 Å². The molecule has 0 aliphatic heterocycles. The van der Waals surface area contributed by atoms with Gasteiger partial charge in [-0.25, -0.2) is 14.5 Å². The van der Waals surface area contributed by atoms with Gasteiger partial charge in [0.25, 0.3) is 0 Å². The van der Waals surface area contributed by atoms with Crippen LogP contribution in [0.25, 0.3) is 16.9 Å². The highest BCUT2D eigenvalue weighted by molar-refractivity contribution is 5.73. The van der Waals surface area contributed by atoms with Crippen molar-refractivity contribution in [2.75, 3.05) is 18.9 Å². The fourth-order valence-corrected chi connectivity index (χ4v) is 3.97. The molecule has 0 aliphatic carbocycles. The maximum absolute atomic E-state index is 13.2. The first-order valence-corrected chi connectivity index (χ1v) is 13.7. The molecule has 3 aromatic rings. The van der Waals surface area contributed by atoms with Gasteiger partial charge in [-0.05, 0) is 71.6 Å². The molecule has 8 nitrogen and oxygen atoms in total. The first-order valence-electron chi connectivity index (χ1n) is 13.7. The fourth-order valence-electron chi connectivity index (χ4n) is 3.97. The van der Waals surface area contributed by atoms with Gasteiger partial charge < -0.3 is 20.5 Å². The zero-order valence-electron chi connectivity index (χ0n) is 24.3. The highest BCUT2D eigenvalue weighted by atomic mass is 19.4. The molecule has 224 valence electrons. The molecular formula is C30H40F3N5O3. The van der Waals surface area contributed by atoms with Crippen LogP contribution in [0.2, 0.25) is 0 Å². The number of nitrogens with zero attached hydrogens (tertiary/aromatic N) is 3. The maximum Gasteiger partial charge on any atom is 0.407 e. The summed E-state index contributed by atoms with van der Waals surface area (Å²) in [6.07, 6.45) is 1.37. The average Bonchev–Trinajstić information content (AvgIpc) is 3.34. The predicted molar refractivity (Wildman–Crippen MR) is 153 cm³/mol. The summed E-state index contributed by atoms with van der Waals surface area (Å²) in [6.45, 7) is 7.67.